The van der Waals surface area contributed by atoms with Crippen LogP contribution in [0.4, 0.5) is 62.8 Å². The number of nitrogens with zero attached hydrogens (tertiary/aromatic N) is 7. The molecule has 3 atom stereocenters. The van der Waals surface area contributed by atoms with Crippen molar-refractivity contribution < 1.29 is 71.5 Å². The molecule has 0 saturated heterocycles. The number of alkyl halides is 6. The van der Waals surface area contributed by atoms with Gasteiger partial charge in [0.25, 0.3) is 18.3 Å². The molecule has 0 unspecified atom stereocenters. The van der Waals surface area contributed by atoms with Gasteiger partial charge in [-0.1, -0.05) is 109 Å². The molecule has 0 bridgehead atoms. The van der Waals surface area contributed by atoms with Gasteiger partial charge in [0.15, 0.2) is 11.6 Å². The van der Waals surface area contributed by atoms with Gasteiger partial charge >= 0.3 is 0 Å². The Bertz CT molecular complexity index is 6410. The molecule has 8 aromatic carbocycles. The van der Waals surface area contributed by atoms with E-state index in [2.05, 4.69) is 53.9 Å². The SMILES string of the molecule is C=C(N)c1cc(-c2cccnc2[C@@H](CC(=O)Cn2ncc3c(Cl)cc(Cl)cc32)Cc2cc(F)cc(F)c2)ccc1F.C=C1Cc2cc(-c3cccnc3[C@@H](CC(=O)Cn3nc(C(F)F)c4c3C(F)(F)CCC4(F)F)Cc3cc(F)cc(F)c3)ccc2N1.Cc1ccc(-c2cccnc2[C@H](Cc2cc(F)cc(F)c2)NC(=O)Cc2c[nH]c3cc(CN)ccc23)cc1. The minimum Gasteiger partial charge on any atom is -0.399 e. The highest BCUT2D eigenvalue weighted by molar-refractivity contribution is 6.38. The van der Waals surface area contributed by atoms with Gasteiger partial charge in [0.2, 0.25) is 5.91 Å². The van der Waals surface area contributed by atoms with Gasteiger partial charge in [0.05, 0.1) is 51.8 Å². The summed E-state index contributed by atoms with van der Waals surface area (Å²) >= 11 is 12.4. The van der Waals surface area contributed by atoms with E-state index in [9.17, 15) is 71.5 Å². The van der Waals surface area contributed by atoms with E-state index in [-0.39, 0.29) is 71.8 Å². The van der Waals surface area contributed by atoms with E-state index < -0.39 is 125 Å². The van der Waals surface area contributed by atoms with Gasteiger partial charge in [-0.15, -0.1) is 0 Å². The van der Waals surface area contributed by atoms with Crippen molar-refractivity contribution in [3.05, 3.63) is 361 Å². The third-order valence-corrected chi connectivity index (χ3v) is 22.1. The first-order valence-electron chi connectivity index (χ1n) is 39.4. The van der Waals surface area contributed by atoms with Crippen LogP contribution in [0.5, 0.6) is 0 Å². The summed E-state index contributed by atoms with van der Waals surface area (Å²) in [5.41, 5.74) is 21.1. The summed E-state index contributed by atoms with van der Waals surface area (Å²) in [5.74, 6) is -15.7. The van der Waals surface area contributed by atoms with Crippen LogP contribution in [0.25, 0.3) is 60.9 Å². The van der Waals surface area contributed by atoms with Crippen molar-refractivity contribution in [3.8, 4) is 33.4 Å². The zero-order valence-electron chi connectivity index (χ0n) is 66.6. The number of benzene rings is 8. The highest BCUT2D eigenvalue weighted by Crippen LogP contribution is 2.53. The molecule has 0 radical (unpaired) electrons. The molecule has 2 aliphatic rings. The summed E-state index contributed by atoms with van der Waals surface area (Å²) < 4.78 is 187. The molecule has 0 spiro atoms. The van der Waals surface area contributed by atoms with Crippen LogP contribution in [0.3, 0.4) is 0 Å². The molecular weight excluding hydrogens is 1680 g/mol. The third-order valence-electron chi connectivity index (χ3n) is 21.6. The van der Waals surface area contributed by atoms with E-state index >= 15 is 0 Å². The van der Waals surface area contributed by atoms with Crippen LogP contribution in [0.1, 0.15) is 129 Å². The first-order chi connectivity index (χ1) is 59.7. The Hall–Kier alpha value is -13.1. The molecule has 15 nitrogen and oxygen atoms in total. The number of allylic oxidation sites excluding steroid dienone is 1. The molecule has 6 aromatic heterocycles. The largest absolute Gasteiger partial charge is 0.399 e. The molecule has 125 heavy (non-hydrogen) atoms. The molecule has 0 saturated carbocycles. The van der Waals surface area contributed by atoms with Crippen molar-refractivity contribution in [2.75, 3.05) is 5.32 Å². The lowest BCUT2D eigenvalue weighted by Crippen LogP contribution is -2.33. The minimum atomic E-state index is -3.99. The quantitative estimate of drug-likeness (QED) is 0.0321. The molecule has 16 rings (SSSR count). The zero-order valence-corrected chi connectivity index (χ0v) is 68.1. The molecular formula is C95H77Cl2F13N12O3. The van der Waals surface area contributed by atoms with E-state index in [1.54, 1.807) is 67.1 Å². The summed E-state index contributed by atoms with van der Waals surface area (Å²) in [6.45, 7) is 8.92. The van der Waals surface area contributed by atoms with Gasteiger partial charge in [-0.2, -0.15) is 19.0 Å². The van der Waals surface area contributed by atoms with Crippen LogP contribution in [-0.4, -0.2) is 57.0 Å². The Morgan fingerprint density at radius 3 is 1.68 bits per heavy atom. The normalized spacial score (nSPS) is 13.9. The van der Waals surface area contributed by atoms with E-state index in [1.165, 1.54) is 41.2 Å². The van der Waals surface area contributed by atoms with Gasteiger partial charge in [-0.3, -0.25) is 38.7 Å². The van der Waals surface area contributed by atoms with Crippen molar-refractivity contribution in [2.45, 2.75) is 120 Å². The number of nitrogens with two attached hydrogens (primary N) is 2. The van der Waals surface area contributed by atoms with Crippen molar-refractivity contribution >= 4 is 73.9 Å². The van der Waals surface area contributed by atoms with Crippen LogP contribution in [0.15, 0.2) is 232 Å². The number of ketones is 2. The molecule has 1 aliphatic carbocycles. The Morgan fingerprint density at radius 2 is 1.11 bits per heavy atom. The Balaban J connectivity index is 0.000000153. The summed E-state index contributed by atoms with van der Waals surface area (Å²) in [6.07, 6.45) is 2.17. The fraction of sp³-hybridized carbons (Fsp3) is 0.200. The van der Waals surface area contributed by atoms with Crippen molar-refractivity contribution in [2.24, 2.45) is 11.5 Å². The number of rotatable bonds is 26. The number of fused-ring (bicyclic) bond motifs is 4. The molecule has 14 aromatic rings. The lowest BCUT2D eigenvalue weighted by atomic mass is 9.86. The number of nitrogens with one attached hydrogen (secondary N) is 3. The second-order valence-electron chi connectivity index (χ2n) is 30.8. The molecule has 1 aliphatic heterocycles. The van der Waals surface area contributed by atoms with Crippen molar-refractivity contribution in [1.29, 1.82) is 0 Å². The smallest absolute Gasteiger partial charge is 0.290 e. The third kappa shape index (κ3) is 20.7. The van der Waals surface area contributed by atoms with E-state index in [1.807, 2.05) is 85.9 Å². The van der Waals surface area contributed by atoms with Crippen LogP contribution in [0, 0.1) is 47.6 Å². The summed E-state index contributed by atoms with van der Waals surface area (Å²) in [7, 11) is 0. The number of hydrogen-bond donors (Lipinski definition) is 5. The highest BCUT2D eigenvalue weighted by atomic mass is 35.5. The number of carbonyl (C=O) groups is 3. The summed E-state index contributed by atoms with van der Waals surface area (Å²) in [6, 6.07) is 46.7. The molecule has 0 fully saturated rings. The molecule has 7 N–H and O–H groups in total. The lowest BCUT2D eigenvalue weighted by molar-refractivity contribution is -0.122. The van der Waals surface area contributed by atoms with Crippen LogP contribution in [0.2, 0.25) is 10.0 Å². The van der Waals surface area contributed by atoms with Gasteiger partial charge in [0, 0.05) is 154 Å². The maximum absolute atomic E-state index is 14.9. The number of pyridine rings is 3. The number of aromatic amines is 1. The monoisotopic (exact) mass is 1750 g/mol. The van der Waals surface area contributed by atoms with E-state index in [4.69, 9.17) is 34.7 Å². The fourth-order valence-electron chi connectivity index (χ4n) is 16.0. The average molecular weight is 1750 g/mol. The Labute approximate surface area is 718 Å². The number of anilines is 1. The molecule has 30 heteroatoms. The predicted molar refractivity (Wildman–Crippen MR) is 453 cm³/mol. The number of carbonyl (C=O) groups excluding carboxylic acids is 3. The summed E-state index contributed by atoms with van der Waals surface area (Å²) in [4.78, 5) is 57.3. The number of halogens is 15. The van der Waals surface area contributed by atoms with Crippen LogP contribution < -0.4 is 22.1 Å². The first-order valence-corrected chi connectivity index (χ1v) is 40.1. The molecule has 640 valence electrons. The predicted octanol–water partition coefficient (Wildman–Crippen LogP) is 22.3. The Morgan fingerprint density at radius 1 is 0.584 bits per heavy atom. The number of H-pyrrole nitrogens is 1. The number of aromatic nitrogens is 8. The first kappa shape index (κ1) is 88.3. The average Bonchev–Trinajstić information content (AvgIpc) is 1.59. The fourth-order valence-corrected chi connectivity index (χ4v) is 16.6. The van der Waals surface area contributed by atoms with Crippen LogP contribution in [-0.2, 0) is 78.0 Å². The second-order valence-corrected chi connectivity index (χ2v) is 31.6. The topological polar surface area (TPSA) is 217 Å². The van der Waals surface area contributed by atoms with Gasteiger partial charge in [-0.25, -0.2) is 48.3 Å². The van der Waals surface area contributed by atoms with Crippen molar-refractivity contribution in [3.63, 3.8) is 0 Å². The van der Waals surface area contributed by atoms with Gasteiger partial charge < -0.3 is 27.1 Å². The molecule has 7 heterocycles. The van der Waals surface area contributed by atoms with Crippen molar-refractivity contribution in [1.82, 2.24) is 44.8 Å². The minimum absolute atomic E-state index is 0.0323. The lowest BCUT2D eigenvalue weighted by Gasteiger charge is -2.29. The highest BCUT2D eigenvalue weighted by Gasteiger charge is 2.55. The zero-order chi connectivity index (χ0) is 88.9. The van der Waals surface area contributed by atoms with E-state index in [0.29, 0.717) is 90.4 Å². The second kappa shape index (κ2) is 37.6. The molecule has 1 amide bonds. The summed E-state index contributed by atoms with van der Waals surface area (Å²) in [5, 5.41) is 16.3. The standard InChI is InChI=1S/C33H26F8N4O.C31H23Cl2F3N4O.C31H28F2N4O/c1-17-9-20-13-19(4-5-26(20)43-17)25-3-2-8-42-28(25)21(10-18-11-22(34)15-23(35)12-18)14-24(46)16-45-30-27(29(44-45)31(36)37)32(38,39)6-7-33(30,40)41;1-17(37)26-11-19(4-5-29(26)36)25-3-2-6-38-31(25)20(7-18-8-22(34)14-23(35)9-18)10-24(41)16-40-30-13-21(32)12-28(33)27(30)15-39-40;1-19-4-7-22(8-5-19)27-3-2-10-35-31(27)29(14-21-11-24(32)16-25(33)12-21)37-30(38)15-23-18-36-28-13-20(17-34)6-9-26(23)28/h2-5,8,11-13,15,21,31,43H,1,6-7,9-10,14,16H2;2-6,8-9,11-15,20H,1,7,10,16,37H2;2-13,16,18,29,36H,14-15,17,34H2,1H3,(H,37,38)/t21-;20-;29-/m110/s1. The Kier molecular flexibility index (Phi) is 26.5. The number of aryl methyl sites for hydroxylation is 1. The number of hydrogen-bond acceptors (Lipinski definition) is 11. The maximum atomic E-state index is 14.9. The van der Waals surface area contributed by atoms with Crippen LogP contribution >= 0.6 is 23.2 Å². The van der Waals surface area contributed by atoms with Gasteiger partial charge in [0.1, 0.15) is 65.2 Å². The maximum Gasteiger partial charge on any atom is 0.290 e. The number of Topliss-reactive ketones (excluding diaryl/α,β-unsaturated/α-hetero) is 2. The number of amides is 1. The van der Waals surface area contributed by atoms with Gasteiger partial charge in [-0.05, 0) is 173 Å². The van der Waals surface area contributed by atoms with E-state index in [0.717, 1.165) is 79.9 Å².